The highest BCUT2D eigenvalue weighted by molar-refractivity contribution is 6.18. The van der Waals surface area contributed by atoms with Gasteiger partial charge in [-0.3, -0.25) is 0 Å². The molecule has 98 valence electrons. The number of nitrogens with zero attached hydrogens (tertiary/aromatic N) is 3. The number of rotatable bonds is 6. The number of anilines is 1. The van der Waals surface area contributed by atoms with Gasteiger partial charge in [0.1, 0.15) is 11.8 Å². The lowest BCUT2D eigenvalue weighted by Gasteiger charge is -2.29. The van der Waals surface area contributed by atoms with Crippen LogP contribution in [0.4, 0.5) is 5.82 Å². The third-order valence-corrected chi connectivity index (χ3v) is 4.20. The number of aromatic amines is 1. The molecule has 0 aliphatic rings. The molecule has 0 aliphatic heterocycles. The van der Waals surface area contributed by atoms with Crippen molar-refractivity contribution >= 4 is 28.6 Å². The zero-order chi connectivity index (χ0) is 13.0. The molecule has 6 heteroatoms. The van der Waals surface area contributed by atoms with Gasteiger partial charge in [-0.1, -0.05) is 13.8 Å². The lowest BCUT2D eigenvalue weighted by Crippen LogP contribution is -2.30. The third-order valence-electron chi connectivity index (χ3n) is 3.64. The minimum absolute atomic E-state index is 0.110. The summed E-state index contributed by atoms with van der Waals surface area (Å²) >= 11 is 6.10. The average Bonchev–Trinajstić information content (AvgIpc) is 2.90. The first-order valence-electron chi connectivity index (χ1n) is 6.18. The molecule has 2 aromatic heterocycles. The van der Waals surface area contributed by atoms with E-state index >= 15 is 0 Å². The first-order valence-corrected chi connectivity index (χ1v) is 6.72. The molecule has 0 aromatic carbocycles. The van der Waals surface area contributed by atoms with Gasteiger partial charge < -0.3 is 10.3 Å². The number of aromatic nitrogens is 4. The van der Waals surface area contributed by atoms with Gasteiger partial charge in [0.25, 0.3) is 0 Å². The van der Waals surface area contributed by atoms with Crippen LogP contribution < -0.4 is 5.32 Å². The number of imidazole rings is 1. The summed E-state index contributed by atoms with van der Waals surface area (Å²) in [6.45, 7) is 5.13. The van der Waals surface area contributed by atoms with Crippen LogP contribution in [0.2, 0.25) is 0 Å². The number of hydrogen-bond acceptors (Lipinski definition) is 4. The monoisotopic (exact) mass is 267 g/mol. The highest BCUT2D eigenvalue weighted by atomic mass is 35.5. The maximum atomic E-state index is 6.10. The summed E-state index contributed by atoms with van der Waals surface area (Å²) in [5.74, 6) is 1.43. The Balaban J connectivity index is 2.17. The molecule has 0 saturated heterocycles. The van der Waals surface area contributed by atoms with Crippen LogP contribution in [0.3, 0.4) is 0 Å². The molecule has 0 radical (unpaired) electrons. The molecule has 0 aliphatic carbocycles. The van der Waals surface area contributed by atoms with Crippen LogP contribution >= 0.6 is 11.6 Å². The van der Waals surface area contributed by atoms with Crippen molar-refractivity contribution in [3.05, 3.63) is 12.7 Å². The van der Waals surface area contributed by atoms with E-state index in [4.69, 9.17) is 11.6 Å². The number of hydrogen-bond donors (Lipinski definition) is 2. The fourth-order valence-corrected chi connectivity index (χ4v) is 2.38. The molecule has 2 aromatic rings. The number of H-pyrrole nitrogens is 1. The highest BCUT2D eigenvalue weighted by Gasteiger charge is 2.25. The van der Waals surface area contributed by atoms with Crippen molar-refractivity contribution in [1.29, 1.82) is 0 Å². The Hall–Kier alpha value is -1.36. The van der Waals surface area contributed by atoms with Crippen molar-refractivity contribution in [3.63, 3.8) is 0 Å². The van der Waals surface area contributed by atoms with Gasteiger partial charge in [0.05, 0.1) is 6.33 Å². The normalized spacial score (nSPS) is 11.9. The summed E-state index contributed by atoms with van der Waals surface area (Å²) in [6, 6.07) is 0. The van der Waals surface area contributed by atoms with Gasteiger partial charge >= 0.3 is 0 Å². The van der Waals surface area contributed by atoms with Crippen molar-refractivity contribution in [1.82, 2.24) is 19.9 Å². The average molecular weight is 268 g/mol. The maximum absolute atomic E-state index is 6.10. The fraction of sp³-hybridized carbons (Fsp3) is 0.583. The zero-order valence-corrected chi connectivity index (χ0v) is 11.5. The Kier molecular flexibility index (Phi) is 4.01. The molecule has 0 fully saturated rings. The number of halogens is 1. The van der Waals surface area contributed by atoms with Crippen LogP contribution in [0.25, 0.3) is 11.2 Å². The molecule has 5 nitrogen and oxygen atoms in total. The lowest BCUT2D eigenvalue weighted by molar-refractivity contribution is 0.326. The minimum atomic E-state index is 0.110. The quantitative estimate of drug-likeness (QED) is 0.790. The minimum Gasteiger partial charge on any atom is -0.368 e. The van der Waals surface area contributed by atoms with Crippen LogP contribution in [-0.4, -0.2) is 32.4 Å². The Labute approximate surface area is 111 Å². The summed E-state index contributed by atoms with van der Waals surface area (Å²) in [6.07, 6.45) is 5.22. The number of nitrogens with one attached hydrogen (secondary N) is 2. The number of alkyl halides is 1. The van der Waals surface area contributed by atoms with E-state index in [1.54, 1.807) is 6.33 Å². The first-order chi connectivity index (χ1) is 8.74. The van der Waals surface area contributed by atoms with Gasteiger partial charge in [-0.25, -0.2) is 15.0 Å². The SMILES string of the molecule is CCC(CC)(CCl)CNc1ncnc2nc[nH]c12. The number of fused-ring (bicyclic) bond motifs is 1. The van der Waals surface area contributed by atoms with Crippen LogP contribution in [-0.2, 0) is 0 Å². The lowest BCUT2D eigenvalue weighted by atomic mass is 9.84. The van der Waals surface area contributed by atoms with E-state index in [1.165, 1.54) is 6.33 Å². The second-order valence-electron chi connectivity index (χ2n) is 4.52. The molecule has 18 heavy (non-hydrogen) atoms. The zero-order valence-electron chi connectivity index (χ0n) is 10.7. The van der Waals surface area contributed by atoms with Crippen molar-refractivity contribution in [2.24, 2.45) is 5.41 Å². The fourth-order valence-electron chi connectivity index (χ4n) is 1.91. The van der Waals surface area contributed by atoms with Crippen LogP contribution in [0.5, 0.6) is 0 Å². The molecule has 0 amide bonds. The maximum Gasteiger partial charge on any atom is 0.182 e. The smallest absolute Gasteiger partial charge is 0.182 e. The molecule has 2 rings (SSSR count). The topological polar surface area (TPSA) is 66.5 Å². The second-order valence-corrected chi connectivity index (χ2v) is 4.78. The summed E-state index contributed by atoms with van der Waals surface area (Å²) in [5.41, 5.74) is 1.63. The van der Waals surface area contributed by atoms with E-state index in [-0.39, 0.29) is 5.41 Å². The van der Waals surface area contributed by atoms with E-state index in [0.29, 0.717) is 11.5 Å². The van der Waals surface area contributed by atoms with Crippen molar-refractivity contribution in [3.8, 4) is 0 Å². The molecule has 0 saturated carbocycles. The molecule has 0 atom stereocenters. The van der Waals surface area contributed by atoms with Gasteiger partial charge in [0, 0.05) is 17.8 Å². The van der Waals surface area contributed by atoms with Gasteiger partial charge in [-0.15, -0.1) is 11.6 Å². The van der Waals surface area contributed by atoms with Gasteiger partial charge in [-0.2, -0.15) is 0 Å². The molecular formula is C12H18ClN5. The Bertz CT molecular complexity index is 498. The van der Waals surface area contributed by atoms with Crippen molar-refractivity contribution < 1.29 is 0 Å². The van der Waals surface area contributed by atoms with Crippen LogP contribution in [0, 0.1) is 5.41 Å². The summed E-state index contributed by atoms with van der Waals surface area (Å²) in [5, 5.41) is 3.36. The standard InChI is InChI=1S/C12H18ClN5/c1-3-12(4-2,5-13)6-14-10-9-11(16-7-15-9)18-8-17-10/h7-8H,3-6H2,1-2H3,(H2,14,15,16,17,18). The van der Waals surface area contributed by atoms with Gasteiger partial charge in [0.15, 0.2) is 11.5 Å². The first kappa shape index (κ1) is 13.1. The summed E-state index contributed by atoms with van der Waals surface area (Å²) in [4.78, 5) is 15.5. The van der Waals surface area contributed by atoms with Gasteiger partial charge in [-0.05, 0) is 12.8 Å². The predicted molar refractivity (Wildman–Crippen MR) is 73.9 cm³/mol. The van der Waals surface area contributed by atoms with E-state index in [1.807, 2.05) is 0 Å². The molecular weight excluding hydrogens is 250 g/mol. The van der Waals surface area contributed by atoms with Crippen LogP contribution in [0.1, 0.15) is 26.7 Å². The molecule has 0 unspecified atom stereocenters. The van der Waals surface area contributed by atoms with E-state index in [9.17, 15) is 0 Å². The highest BCUT2D eigenvalue weighted by Crippen LogP contribution is 2.28. The predicted octanol–water partition coefficient (Wildman–Crippen LogP) is 2.81. The van der Waals surface area contributed by atoms with Crippen molar-refractivity contribution in [2.75, 3.05) is 17.7 Å². The van der Waals surface area contributed by atoms with Gasteiger partial charge in [0.2, 0.25) is 0 Å². The summed E-state index contributed by atoms with van der Waals surface area (Å²) < 4.78 is 0. The van der Waals surface area contributed by atoms with Crippen LogP contribution in [0.15, 0.2) is 12.7 Å². The van der Waals surface area contributed by atoms with E-state index in [0.717, 1.165) is 30.7 Å². The van der Waals surface area contributed by atoms with E-state index in [2.05, 4.69) is 39.1 Å². The molecule has 0 bridgehead atoms. The largest absolute Gasteiger partial charge is 0.368 e. The Morgan fingerprint density at radius 2 is 2.06 bits per heavy atom. The Morgan fingerprint density at radius 1 is 1.28 bits per heavy atom. The molecule has 2 N–H and O–H groups in total. The molecule has 0 spiro atoms. The van der Waals surface area contributed by atoms with E-state index < -0.39 is 0 Å². The second kappa shape index (κ2) is 5.52. The molecule has 2 heterocycles. The van der Waals surface area contributed by atoms with Crippen molar-refractivity contribution in [2.45, 2.75) is 26.7 Å². The third kappa shape index (κ3) is 2.41. The summed E-state index contributed by atoms with van der Waals surface area (Å²) in [7, 11) is 0. The Morgan fingerprint density at radius 3 is 2.72 bits per heavy atom.